The molecule has 6 aromatic rings. The number of aromatic amines is 1. The second-order valence-corrected chi connectivity index (χ2v) is 9.44. The smallest absolute Gasteiger partial charge is 0.348 e. The first-order valence-corrected chi connectivity index (χ1v) is 12.1. The van der Waals surface area contributed by atoms with Crippen LogP contribution in [0.4, 0.5) is 13.2 Å². The van der Waals surface area contributed by atoms with Gasteiger partial charge in [0.1, 0.15) is 11.7 Å². The SMILES string of the molecule is Cn1cc(-c2ccc3c(C(=O)N4CCc5[nH]cnc5[C@H]4c4cc5cccc(C(F)(F)F)n5n4)cnn3c2)cn1. The van der Waals surface area contributed by atoms with Gasteiger partial charge in [0.05, 0.1) is 46.7 Å². The van der Waals surface area contributed by atoms with Gasteiger partial charge in [-0.1, -0.05) is 12.1 Å². The van der Waals surface area contributed by atoms with Crippen molar-refractivity contribution in [3.8, 4) is 11.1 Å². The van der Waals surface area contributed by atoms with E-state index >= 15 is 0 Å². The number of amides is 1. The van der Waals surface area contributed by atoms with E-state index in [0.717, 1.165) is 27.4 Å². The molecule has 0 fully saturated rings. The third kappa shape index (κ3) is 3.68. The number of hydrogen-bond donors (Lipinski definition) is 1. The van der Waals surface area contributed by atoms with Gasteiger partial charge in [0.2, 0.25) is 0 Å². The number of H-pyrrole nitrogens is 1. The van der Waals surface area contributed by atoms with E-state index in [0.29, 0.717) is 35.4 Å². The van der Waals surface area contributed by atoms with Gasteiger partial charge in [-0.05, 0) is 24.3 Å². The average molecular weight is 532 g/mol. The number of aryl methyl sites for hydroxylation is 1. The van der Waals surface area contributed by atoms with Gasteiger partial charge < -0.3 is 9.88 Å². The van der Waals surface area contributed by atoms with Gasteiger partial charge in [-0.3, -0.25) is 9.48 Å². The fourth-order valence-corrected chi connectivity index (χ4v) is 5.22. The molecule has 39 heavy (non-hydrogen) atoms. The summed E-state index contributed by atoms with van der Waals surface area (Å²) in [6, 6.07) is 8.38. The first-order chi connectivity index (χ1) is 18.8. The van der Waals surface area contributed by atoms with Crippen LogP contribution >= 0.6 is 0 Å². The van der Waals surface area contributed by atoms with Crippen LogP contribution in [0.3, 0.4) is 0 Å². The van der Waals surface area contributed by atoms with Crippen molar-refractivity contribution in [1.82, 2.24) is 43.9 Å². The molecule has 1 aliphatic rings. The van der Waals surface area contributed by atoms with E-state index in [1.54, 1.807) is 32.4 Å². The highest BCUT2D eigenvalue weighted by Crippen LogP contribution is 2.36. The number of carbonyl (C=O) groups excluding carboxylic acids is 1. The lowest BCUT2D eigenvalue weighted by molar-refractivity contribution is -0.142. The number of imidazole rings is 1. The highest BCUT2D eigenvalue weighted by molar-refractivity contribution is 6.01. The monoisotopic (exact) mass is 531 g/mol. The van der Waals surface area contributed by atoms with E-state index in [-0.39, 0.29) is 11.4 Å². The molecule has 0 spiro atoms. The van der Waals surface area contributed by atoms with Crippen molar-refractivity contribution in [2.24, 2.45) is 7.05 Å². The van der Waals surface area contributed by atoms with Crippen molar-refractivity contribution in [1.29, 1.82) is 0 Å². The molecule has 10 nitrogen and oxygen atoms in total. The van der Waals surface area contributed by atoms with E-state index in [1.165, 1.54) is 18.6 Å². The number of rotatable bonds is 3. The second-order valence-electron chi connectivity index (χ2n) is 9.44. The van der Waals surface area contributed by atoms with Crippen LogP contribution in [-0.2, 0) is 19.6 Å². The Morgan fingerprint density at radius 1 is 1.08 bits per heavy atom. The fourth-order valence-electron chi connectivity index (χ4n) is 5.22. The summed E-state index contributed by atoms with van der Waals surface area (Å²) in [5.41, 5.74) is 3.83. The van der Waals surface area contributed by atoms with E-state index < -0.39 is 17.9 Å². The van der Waals surface area contributed by atoms with Crippen molar-refractivity contribution in [3.05, 3.63) is 95.9 Å². The third-order valence-corrected chi connectivity index (χ3v) is 7.05. The molecule has 13 heteroatoms. The van der Waals surface area contributed by atoms with Crippen LogP contribution in [0.2, 0.25) is 0 Å². The van der Waals surface area contributed by atoms with Gasteiger partial charge in [-0.15, -0.1) is 0 Å². The highest BCUT2D eigenvalue weighted by Gasteiger charge is 2.39. The summed E-state index contributed by atoms with van der Waals surface area (Å²) in [7, 11) is 1.83. The zero-order valence-corrected chi connectivity index (χ0v) is 20.5. The predicted molar refractivity (Wildman–Crippen MR) is 133 cm³/mol. The molecule has 0 unspecified atom stereocenters. The molecule has 0 bridgehead atoms. The molecule has 0 radical (unpaired) electrons. The average Bonchev–Trinajstić information content (AvgIpc) is 3.71. The molecular weight excluding hydrogens is 511 g/mol. The van der Waals surface area contributed by atoms with Gasteiger partial charge in [-0.25, -0.2) is 14.0 Å². The largest absolute Gasteiger partial charge is 0.433 e. The summed E-state index contributed by atoms with van der Waals surface area (Å²) in [6.45, 7) is 0.323. The summed E-state index contributed by atoms with van der Waals surface area (Å²) in [6.07, 6.45) is 4.41. The van der Waals surface area contributed by atoms with Crippen LogP contribution in [0.15, 0.2) is 67.5 Å². The number of fused-ring (bicyclic) bond motifs is 3. The van der Waals surface area contributed by atoms with E-state index in [9.17, 15) is 18.0 Å². The molecular formula is C26H20F3N9O. The van der Waals surface area contributed by atoms with Crippen LogP contribution in [0.25, 0.3) is 22.2 Å². The van der Waals surface area contributed by atoms with Gasteiger partial charge >= 0.3 is 6.18 Å². The number of nitrogens with one attached hydrogen (secondary N) is 1. The molecule has 6 aromatic heterocycles. The fraction of sp³-hybridized carbons (Fsp3) is 0.192. The van der Waals surface area contributed by atoms with Gasteiger partial charge in [0, 0.05) is 49.2 Å². The number of carbonyl (C=O) groups is 1. The first-order valence-electron chi connectivity index (χ1n) is 12.1. The molecule has 1 atom stereocenters. The van der Waals surface area contributed by atoms with Gasteiger partial charge in [0.25, 0.3) is 5.91 Å². The van der Waals surface area contributed by atoms with Crippen LogP contribution in [0, 0.1) is 0 Å². The number of halogens is 3. The van der Waals surface area contributed by atoms with Crippen molar-refractivity contribution in [2.75, 3.05) is 6.54 Å². The molecule has 7 heterocycles. The van der Waals surface area contributed by atoms with Crippen LogP contribution in [0.5, 0.6) is 0 Å². The Morgan fingerprint density at radius 2 is 1.95 bits per heavy atom. The number of aromatic nitrogens is 8. The maximum Gasteiger partial charge on any atom is 0.433 e. The molecule has 196 valence electrons. The summed E-state index contributed by atoms with van der Waals surface area (Å²) in [4.78, 5) is 23.1. The predicted octanol–water partition coefficient (Wildman–Crippen LogP) is 3.91. The Balaban J connectivity index is 1.31. The highest BCUT2D eigenvalue weighted by atomic mass is 19.4. The van der Waals surface area contributed by atoms with Crippen molar-refractivity contribution in [3.63, 3.8) is 0 Å². The lowest BCUT2D eigenvalue weighted by atomic mass is 9.98. The minimum absolute atomic E-state index is 0.272. The number of alkyl halides is 3. The zero-order chi connectivity index (χ0) is 26.9. The van der Waals surface area contributed by atoms with Crippen molar-refractivity contribution in [2.45, 2.75) is 18.6 Å². The Bertz CT molecular complexity index is 1880. The Morgan fingerprint density at radius 3 is 2.74 bits per heavy atom. The van der Waals surface area contributed by atoms with Crippen LogP contribution in [0.1, 0.15) is 39.2 Å². The topological polar surface area (TPSA) is 101 Å². The minimum Gasteiger partial charge on any atom is -0.348 e. The molecule has 1 amide bonds. The molecule has 0 aromatic carbocycles. The number of hydrogen-bond acceptors (Lipinski definition) is 5. The van der Waals surface area contributed by atoms with E-state index in [1.807, 2.05) is 31.6 Å². The Hall–Kier alpha value is -4.94. The van der Waals surface area contributed by atoms with Crippen LogP contribution < -0.4 is 0 Å². The Labute approximate surface area is 218 Å². The summed E-state index contributed by atoms with van der Waals surface area (Å²) in [5, 5.41) is 12.9. The molecule has 1 N–H and O–H groups in total. The zero-order valence-electron chi connectivity index (χ0n) is 20.5. The maximum atomic E-state index is 14.0. The molecule has 1 aliphatic heterocycles. The summed E-state index contributed by atoms with van der Waals surface area (Å²) >= 11 is 0. The number of nitrogens with zero attached hydrogens (tertiary/aromatic N) is 8. The molecule has 0 saturated carbocycles. The van der Waals surface area contributed by atoms with E-state index in [4.69, 9.17) is 0 Å². The summed E-state index contributed by atoms with van der Waals surface area (Å²) in [5.74, 6) is -0.314. The van der Waals surface area contributed by atoms with E-state index in [2.05, 4.69) is 25.3 Å². The third-order valence-electron chi connectivity index (χ3n) is 7.05. The lowest BCUT2D eigenvalue weighted by Crippen LogP contribution is -2.41. The standard InChI is InChI=1S/C26H20F3N9O/c1-35-12-16(10-32-35)15-5-6-21-18(11-33-37(21)13-15)25(39)36-8-7-19-23(31-14-30-19)24(36)20-9-17-3-2-4-22(26(27,28)29)38(17)34-20/h2-6,9-14,24H,7-8H2,1H3,(H,30,31)/t24-/m1/s1. The van der Waals surface area contributed by atoms with Crippen molar-refractivity contribution < 1.29 is 18.0 Å². The minimum atomic E-state index is -4.59. The first kappa shape index (κ1) is 23.2. The van der Waals surface area contributed by atoms with Gasteiger partial charge in [0.15, 0.2) is 0 Å². The van der Waals surface area contributed by atoms with Gasteiger partial charge in [-0.2, -0.15) is 28.5 Å². The number of pyridine rings is 2. The second kappa shape index (κ2) is 8.28. The normalized spacial score (nSPS) is 15.8. The lowest BCUT2D eigenvalue weighted by Gasteiger charge is -2.33. The molecule has 0 aliphatic carbocycles. The summed E-state index contributed by atoms with van der Waals surface area (Å²) < 4.78 is 45.2. The van der Waals surface area contributed by atoms with Crippen LogP contribution in [-0.4, -0.2) is 56.3 Å². The maximum absolute atomic E-state index is 14.0. The Kier molecular flexibility index (Phi) is 4.93. The van der Waals surface area contributed by atoms with Crippen molar-refractivity contribution >= 4 is 16.9 Å². The quantitative estimate of drug-likeness (QED) is 0.373. The molecule has 0 saturated heterocycles. The molecule has 7 rings (SSSR count).